The molecule has 0 radical (unpaired) electrons. The molecule has 1 aromatic heterocycles. The molecule has 2 N–H and O–H groups in total. The average Bonchev–Trinajstić information content (AvgIpc) is 2.99. The maximum Gasteiger partial charge on any atom is 0.132 e. The van der Waals surface area contributed by atoms with Gasteiger partial charge in [-0.25, -0.2) is 0 Å². The first-order valence-electron chi connectivity index (χ1n) is 7.18. The SMILES string of the molecule is CCC(C)n1ccc(COc2cccc(C#CCN)c2)n1. The fraction of sp³-hybridized carbons (Fsp3) is 0.353. The fourth-order valence-electron chi connectivity index (χ4n) is 1.86. The molecule has 0 spiro atoms. The molecule has 0 aliphatic heterocycles. The molecule has 0 aliphatic rings. The number of nitrogens with two attached hydrogens (primary N) is 1. The highest BCUT2D eigenvalue weighted by Crippen LogP contribution is 2.15. The average molecular weight is 283 g/mol. The second-order valence-electron chi connectivity index (χ2n) is 4.87. The van der Waals surface area contributed by atoms with E-state index in [1.54, 1.807) is 0 Å². The standard InChI is InChI=1S/C17H21N3O/c1-3-14(2)20-11-9-16(19-20)13-21-17-8-4-6-15(12-17)7-5-10-18/h4,6,8-9,11-12,14H,3,10,13,18H2,1-2H3. The molecule has 4 nitrogen and oxygen atoms in total. The molecule has 21 heavy (non-hydrogen) atoms. The summed E-state index contributed by atoms with van der Waals surface area (Å²) in [5, 5.41) is 4.52. The highest BCUT2D eigenvalue weighted by molar-refractivity contribution is 5.39. The van der Waals surface area contributed by atoms with Crippen molar-refractivity contribution < 1.29 is 4.74 Å². The van der Waals surface area contributed by atoms with Crippen LogP contribution in [-0.4, -0.2) is 16.3 Å². The van der Waals surface area contributed by atoms with Gasteiger partial charge in [0.1, 0.15) is 12.4 Å². The molecule has 0 amide bonds. The zero-order valence-electron chi connectivity index (χ0n) is 12.5. The summed E-state index contributed by atoms with van der Waals surface area (Å²) in [6, 6.07) is 10.1. The summed E-state index contributed by atoms with van der Waals surface area (Å²) in [5.41, 5.74) is 7.20. The normalized spacial score (nSPS) is 11.6. The van der Waals surface area contributed by atoms with Gasteiger partial charge in [0, 0.05) is 17.8 Å². The lowest BCUT2D eigenvalue weighted by Gasteiger charge is -2.08. The molecular weight excluding hydrogens is 262 g/mol. The maximum atomic E-state index is 5.76. The highest BCUT2D eigenvalue weighted by atomic mass is 16.5. The van der Waals surface area contributed by atoms with Gasteiger partial charge in [-0.15, -0.1) is 0 Å². The Morgan fingerprint density at radius 2 is 2.24 bits per heavy atom. The maximum absolute atomic E-state index is 5.76. The molecule has 4 heteroatoms. The minimum atomic E-state index is 0.359. The predicted octanol–water partition coefficient (Wildman–Crippen LogP) is 2.74. The van der Waals surface area contributed by atoms with Gasteiger partial charge in [0.25, 0.3) is 0 Å². The first kappa shape index (κ1) is 15.1. The minimum absolute atomic E-state index is 0.359. The fourth-order valence-corrected chi connectivity index (χ4v) is 1.86. The smallest absolute Gasteiger partial charge is 0.132 e. The van der Waals surface area contributed by atoms with Crippen LogP contribution in [0.15, 0.2) is 36.5 Å². The highest BCUT2D eigenvalue weighted by Gasteiger charge is 2.05. The lowest BCUT2D eigenvalue weighted by molar-refractivity contribution is 0.298. The van der Waals surface area contributed by atoms with Gasteiger partial charge in [0.2, 0.25) is 0 Å². The lowest BCUT2D eigenvalue weighted by atomic mass is 10.2. The molecule has 110 valence electrons. The number of hydrogen-bond donors (Lipinski definition) is 1. The van der Waals surface area contributed by atoms with Crippen molar-refractivity contribution in [1.82, 2.24) is 9.78 Å². The van der Waals surface area contributed by atoms with Crippen LogP contribution in [0.3, 0.4) is 0 Å². The van der Waals surface area contributed by atoms with Gasteiger partial charge >= 0.3 is 0 Å². The molecular formula is C17H21N3O. The van der Waals surface area contributed by atoms with E-state index in [0.29, 0.717) is 19.2 Å². The van der Waals surface area contributed by atoms with Gasteiger partial charge in [-0.05, 0) is 37.6 Å². The van der Waals surface area contributed by atoms with Crippen molar-refractivity contribution in [2.45, 2.75) is 32.9 Å². The van der Waals surface area contributed by atoms with Crippen molar-refractivity contribution in [2.75, 3.05) is 6.54 Å². The van der Waals surface area contributed by atoms with Gasteiger partial charge in [0.05, 0.1) is 12.2 Å². The van der Waals surface area contributed by atoms with Crippen LogP contribution in [0, 0.1) is 11.8 Å². The van der Waals surface area contributed by atoms with Crippen LogP contribution in [0.5, 0.6) is 5.75 Å². The molecule has 1 atom stereocenters. The number of benzene rings is 1. The second kappa shape index (κ2) is 7.51. The summed E-state index contributed by atoms with van der Waals surface area (Å²) >= 11 is 0. The minimum Gasteiger partial charge on any atom is -0.487 e. The van der Waals surface area contributed by atoms with Crippen LogP contribution in [0.4, 0.5) is 0 Å². The van der Waals surface area contributed by atoms with Crippen LogP contribution in [0.25, 0.3) is 0 Å². The Labute approximate surface area is 125 Å². The van der Waals surface area contributed by atoms with Crippen molar-refractivity contribution in [3.63, 3.8) is 0 Å². The molecule has 0 saturated carbocycles. The van der Waals surface area contributed by atoms with E-state index >= 15 is 0 Å². The quantitative estimate of drug-likeness (QED) is 0.858. The monoisotopic (exact) mass is 283 g/mol. The van der Waals surface area contributed by atoms with E-state index < -0.39 is 0 Å². The summed E-state index contributed by atoms with van der Waals surface area (Å²) in [6.45, 7) is 5.11. The van der Waals surface area contributed by atoms with Crippen LogP contribution in [0.2, 0.25) is 0 Å². The van der Waals surface area contributed by atoms with Gasteiger partial charge in [0.15, 0.2) is 0 Å². The molecule has 2 rings (SSSR count). The van der Waals surface area contributed by atoms with Crippen LogP contribution in [0.1, 0.15) is 37.6 Å². The van der Waals surface area contributed by atoms with Crippen molar-refractivity contribution >= 4 is 0 Å². The zero-order chi connectivity index (χ0) is 15.1. The first-order chi connectivity index (χ1) is 10.2. The van der Waals surface area contributed by atoms with Crippen LogP contribution in [-0.2, 0) is 6.61 Å². The third kappa shape index (κ3) is 4.37. The van der Waals surface area contributed by atoms with E-state index in [9.17, 15) is 0 Å². The van der Waals surface area contributed by atoms with Gasteiger partial charge in [-0.3, -0.25) is 4.68 Å². The Balaban J connectivity index is 1.98. The lowest BCUT2D eigenvalue weighted by Crippen LogP contribution is -2.05. The molecule has 1 aromatic carbocycles. The summed E-state index contributed by atoms with van der Waals surface area (Å²) in [6.07, 6.45) is 3.06. The Kier molecular flexibility index (Phi) is 5.42. The number of nitrogens with zero attached hydrogens (tertiary/aromatic N) is 2. The predicted molar refractivity (Wildman–Crippen MR) is 83.9 cm³/mol. The second-order valence-corrected chi connectivity index (χ2v) is 4.87. The Hall–Kier alpha value is -2.25. The van der Waals surface area contributed by atoms with Gasteiger partial charge in [-0.2, -0.15) is 5.10 Å². The molecule has 0 saturated heterocycles. The number of aromatic nitrogens is 2. The van der Waals surface area contributed by atoms with Crippen LogP contribution < -0.4 is 10.5 Å². The molecule has 0 fully saturated rings. The van der Waals surface area contributed by atoms with E-state index in [-0.39, 0.29) is 0 Å². The summed E-state index contributed by atoms with van der Waals surface area (Å²) < 4.78 is 7.74. The topological polar surface area (TPSA) is 53.1 Å². The van der Waals surface area contributed by atoms with Crippen molar-refractivity contribution in [3.8, 4) is 17.6 Å². The van der Waals surface area contributed by atoms with Crippen molar-refractivity contribution in [1.29, 1.82) is 0 Å². The van der Waals surface area contributed by atoms with E-state index in [2.05, 4.69) is 30.8 Å². The first-order valence-corrected chi connectivity index (χ1v) is 7.18. The van der Waals surface area contributed by atoms with E-state index in [4.69, 9.17) is 10.5 Å². The number of ether oxygens (including phenoxy) is 1. The molecule has 2 aromatic rings. The summed E-state index contributed by atoms with van der Waals surface area (Å²) in [5.74, 6) is 6.62. The van der Waals surface area contributed by atoms with Crippen LogP contribution >= 0.6 is 0 Å². The zero-order valence-corrected chi connectivity index (χ0v) is 12.5. The Bertz CT molecular complexity index is 637. The van der Waals surface area contributed by atoms with E-state index in [1.807, 2.05) is 41.2 Å². The third-order valence-corrected chi connectivity index (χ3v) is 3.26. The van der Waals surface area contributed by atoms with E-state index in [0.717, 1.165) is 23.4 Å². The summed E-state index contributed by atoms with van der Waals surface area (Å²) in [4.78, 5) is 0. The Morgan fingerprint density at radius 3 is 3.00 bits per heavy atom. The van der Waals surface area contributed by atoms with E-state index in [1.165, 1.54) is 0 Å². The molecule has 0 aliphatic carbocycles. The number of hydrogen-bond acceptors (Lipinski definition) is 3. The molecule has 0 bridgehead atoms. The third-order valence-electron chi connectivity index (χ3n) is 3.26. The van der Waals surface area contributed by atoms with Crippen molar-refractivity contribution in [2.24, 2.45) is 5.73 Å². The summed E-state index contributed by atoms with van der Waals surface area (Å²) in [7, 11) is 0. The largest absolute Gasteiger partial charge is 0.487 e. The van der Waals surface area contributed by atoms with Gasteiger partial charge < -0.3 is 10.5 Å². The van der Waals surface area contributed by atoms with Crippen molar-refractivity contribution in [3.05, 3.63) is 47.8 Å². The molecule has 1 unspecified atom stereocenters. The Morgan fingerprint density at radius 1 is 1.38 bits per heavy atom. The molecule has 1 heterocycles. The van der Waals surface area contributed by atoms with Gasteiger partial charge in [-0.1, -0.05) is 24.8 Å². The number of rotatable bonds is 5.